The van der Waals surface area contributed by atoms with Crippen LogP contribution in [0.1, 0.15) is 21.5 Å². The van der Waals surface area contributed by atoms with Crippen LogP contribution < -0.4 is 11.1 Å². The quantitative estimate of drug-likeness (QED) is 0.831. The van der Waals surface area contributed by atoms with E-state index in [1.165, 1.54) is 6.07 Å². The molecule has 0 saturated carbocycles. The third-order valence-electron chi connectivity index (χ3n) is 2.87. The van der Waals surface area contributed by atoms with Crippen molar-refractivity contribution in [1.29, 1.82) is 5.26 Å². The third-order valence-corrected chi connectivity index (χ3v) is 3.22. The van der Waals surface area contributed by atoms with Crippen molar-refractivity contribution >= 4 is 28.9 Å². The molecule has 100 valence electrons. The third kappa shape index (κ3) is 2.90. The molecule has 0 radical (unpaired) electrons. The lowest BCUT2D eigenvalue weighted by Gasteiger charge is -2.09. The topological polar surface area (TPSA) is 78.9 Å². The molecule has 2 aromatic carbocycles. The van der Waals surface area contributed by atoms with Gasteiger partial charge in [0.25, 0.3) is 5.91 Å². The van der Waals surface area contributed by atoms with Crippen LogP contribution in [0.3, 0.4) is 0 Å². The average Bonchev–Trinajstić information content (AvgIpc) is 2.44. The largest absolute Gasteiger partial charge is 0.398 e. The second-order valence-corrected chi connectivity index (χ2v) is 4.74. The molecule has 0 bridgehead atoms. The molecule has 0 aliphatic rings. The zero-order valence-corrected chi connectivity index (χ0v) is 11.5. The van der Waals surface area contributed by atoms with Gasteiger partial charge in [-0.2, -0.15) is 5.26 Å². The predicted octanol–water partition coefficient (Wildman–Crippen LogP) is 3.35. The number of nitrogen functional groups attached to an aromatic ring is 1. The van der Waals surface area contributed by atoms with Crippen LogP contribution in [0.15, 0.2) is 36.4 Å². The van der Waals surface area contributed by atoms with Gasteiger partial charge in [0.15, 0.2) is 0 Å². The van der Waals surface area contributed by atoms with Crippen molar-refractivity contribution in [3.63, 3.8) is 0 Å². The van der Waals surface area contributed by atoms with Crippen LogP contribution in [0.5, 0.6) is 0 Å². The highest BCUT2D eigenvalue weighted by Crippen LogP contribution is 2.21. The standard InChI is InChI=1S/C15H12ClN3O/c1-9-2-3-10(8-17)6-14(9)19-15(20)11-4-5-12(16)13(18)7-11/h2-7H,18H2,1H3,(H,19,20). The maximum Gasteiger partial charge on any atom is 0.255 e. The minimum absolute atomic E-state index is 0.299. The molecule has 4 nitrogen and oxygen atoms in total. The lowest BCUT2D eigenvalue weighted by Crippen LogP contribution is -2.13. The van der Waals surface area contributed by atoms with E-state index in [1.807, 2.05) is 13.0 Å². The molecular formula is C15H12ClN3O. The van der Waals surface area contributed by atoms with E-state index in [-0.39, 0.29) is 5.91 Å². The summed E-state index contributed by atoms with van der Waals surface area (Å²) in [5.74, 6) is -0.299. The van der Waals surface area contributed by atoms with Gasteiger partial charge in [-0.3, -0.25) is 4.79 Å². The Kier molecular flexibility index (Phi) is 3.92. The molecule has 0 aliphatic carbocycles. The molecule has 0 aromatic heterocycles. The molecule has 0 atom stereocenters. The van der Waals surface area contributed by atoms with E-state index in [1.54, 1.807) is 30.3 Å². The van der Waals surface area contributed by atoms with Gasteiger partial charge in [-0.1, -0.05) is 17.7 Å². The number of halogens is 1. The number of benzene rings is 2. The Morgan fingerprint density at radius 2 is 2.05 bits per heavy atom. The number of nitrogens with two attached hydrogens (primary N) is 1. The summed E-state index contributed by atoms with van der Waals surface area (Å²) >= 11 is 5.82. The fourth-order valence-electron chi connectivity index (χ4n) is 1.71. The molecular weight excluding hydrogens is 274 g/mol. The van der Waals surface area contributed by atoms with Crippen molar-refractivity contribution in [3.8, 4) is 6.07 Å². The minimum Gasteiger partial charge on any atom is -0.398 e. The van der Waals surface area contributed by atoms with Gasteiger partial charge >= 0.3 is 0 Å². The summed E-state index contributed by atoms with van der Waals surface area (Å²) in [7, 11) is 0. The summed E-state index contributed by atoms with van der Waals surface area (Å²) in [5.41, 5.74) is 8.39. The molecule has 2 aromatic rings. The molecule has 0 spiro atoms. The second-order valence-electron chi connectivity index (χ2n) is 4.33. The monoisotopic (exact) mass is 285 g/mol. The van der Waals surface area contributed by atoms with Crippen molar-refractivity contribution in [3.05, 3.63) is 58.1 Å². The van der Waals surface area contributed by atoms with Gasteiger partial charge < -0.3 is 11.1 Å². The summed E-state index contributed by atoms with van der Waals surface area (Å²) < 4.78 is 0. The number of anilines is 2. The summed E-state index contributed by atoms with van der Waals surface area (Å²) in [6.07, 6.45) is 0. The average molecular weight is 286 g/mol. The van der Waals surface area contributed by atoms with Crippen molar-refractivity contribution in [2.45, 2.75) is 6.92 Å². The first-order valence-electron chi connectivity index (χ1n) is 5.88. The smallest absolute Gasteiger partial charge is 0.255 e. The SMILES string of the molecule is Cc1ccc(C#N)cc1NC(=O)c1ccc(Cl)c(N)c1. The van der Waals surface area contributed by atoms with Gasteiger partial charge in [0, 0.05) is 11.3 Å². The second kappa shape index (κ2) is 5.64. The fraction of sp³-hybridized carbons (Fsp3) is 0.0667. The number of nitrogens with zero attached hydrogens (tertiary/aromatic N) is 1. The Morgan fingerprint density at radius 1 is 1.30 bits per heavy atom. The molecule has 2 rings (SSSR count). The summed E-state index contributed by atoms with van der Waals surface area (Å²) in [4.78, 5) is 12.1. The van der Waals surface area contributed by atoms with Crippen LogP contribution in [0.4, 0.5) is 11.4 Å². The van der Waals surface area contributed by atoms with Gasteiger partial charge in [-0.15, -0.1) is 0 Å². The highest BCUT2D eigenvalue weighted by molar-refractivity contribution is 6.33. The molecule has 0 fully saturated rings. The van der Waals surface area contributed by atoms with Crippen LogP contribution in [0.2, 0.25) is 5.02 Å². The van der Waals surface area contributed by atoms with Crippen molar-refractivity contribution in [1.82, 2.24) is 0 Å². The molecule has 0 unspecified atom stereocenters. The fourth-order valence-corrected chi connectivity index (χ4v) is 1.82. The lowest BCUT2D eigenvalue weighted by atomic mass is 10.1. The van der Waals surface area contributed by atoms with Crippen molar-refractivity contribution < 1.29 is 4.79 Å². The van der Waals surface area contributed by atoms with E-state index in [0.717, 1.165) is 5.56 Å². The van der Waals surface area contributed by atoms with Crippen LogP contribution in [0.25, 0.3) is 0 Å². The van der Waals surface area contributed by atoms with Crippen LogP contribution >= 0.6 is 11.6 Å². The first kappa shape index (κ1) is 13.9. The number of rotatable bonds is 2. The normalized spacial score (nSPS) is 9.85. The zero-order chi connectivity index (χ0) is 14.7. The van der Waals surface area contributed by atoms with Gasteiger partial charge in [0.05, 0.1) is 22.3 Å². The van der Waals surface area contributed by atoms with E-state index in [2.05, 4.69) is 5.32 Å². The highest BCUT2D eigenvalue weighted by Gasteiger charge is 2.10. The Balaban J connectivity index is 2.28. The summed E-state index contributed by atoms with van der Waals surface area (Å²) in [6, 6.07) is 11.8. The van der Waals surface area contributed by atoms with Gasteiger partial charge in [-0.25, -0.2) is 0 Å². The molecule has 0 saturated heterocycles. The van der Waals surface area contributed by atoms with Crippen molar-refractivity contribution in [2.24, 2.45) is 0 Å². The number of amides is 1. The van der Waals surface area contributed by atoms with E-state index in [0.29, 0.717) is 27.5 Å². The number of hydrogen-bond acceptors (Lipinski definition) is 3. The molecule has 3 N–H and O–H groups in total. The molecule has 20 heavy (non-hydrogen) atoms. The van der Waals surface area contributed by atoms with Crippen LogP contribution in [0, 0.1) is 18.3 Å². The first-order chi connectivity index (χ1) is 9.51. The number of nitrogens with one attached hydrogen (secondary N) is 1. The van der Waals surface area contributed by atoms with Gasteiger partial charge in [0.1, 0.15) is 0 Å². The number of hydrogen-bond donors (Lipinski definition) is 2. The van der Waals surface area contributed by atoms with E-state index < -0.39 is 0 Å². The molecule has 1 amide bonds. The first-order valence-corrected chi connectivity index (χ1v) is 6.26. The zero-order valence-electron chi connectivity index (χ0n) is 10.8. The summed E-state index contributed by atoms with van der Waals surface area (Å²) in [6.45, 7) is 1.85. The Bertz CT molecular complexity index is 720. The van der Waals surface area contributed by atoms with Crippen LogP contribution in [-0.2, 0) is 0 Å². The molecule has 0 heterocycles. The minimum atomic E-state index is -0.299. The lowest BCUT2D eigenvalue weighted by molar-refractivity contribution is 0.102. The predicted molar refractivity (Wildman–Crippen MR) is 79.7 cm³/mol. The number of carbonyl (C=O) groups excluding carboxylic acids is 1. The van der Waals surface area contributed by atoms with Crippen LogP contribution in [-0.4, -0.2) is 5.91 Å². The van der Waals surface area contributed by atoms with E-state index >= 15 is 0 Å². The Hall–Kier alpha value is -2.51. The van der Waals surface area contributed by atoms with Gasteiger partial charge in [0.2, 0.25) is 0 Å². The number of carbonyl (C=O) groups is 1. The van der Waals surface area contributed by atoms with E-state index in [4.69, 9.17) is 22.6 Å². The Morgan fingerprint density at radius 3 is 2.70 bits per heavy atom. The molecule has 5 heteroatoms. The Labute approximate surface area is 121 Å². The summed E-state index contributed by atoms with van der Waals surface area (Å²) in [5, 5.41) is 12.0. The van der Waals surface area contributed by atoms with Crippen molar-refractivity contribution in [2.75, 3.05) is 11.1 Å². The van der Waals surface area contributed by atoms with Gasteiger partial charge in [-0.05, 0) is 42.8 Å². The highest BCUT2D eigenvalue weighted by atomic mass is 35.5. The number of nitriles is 1. The van der Waals surface area contributed by atoms with E-state index in [9.17, 15) is 4.79 Å². The maximum atomic E-state index is 12.1. The number of aryl methyl sites for hydroxylation is 1. The maximum absolute atomic E-state index is 12.1. The molecule has 0 aliphatic heterocycles.